The Morgan fingerprint density at radius 2 is 1.15 bits per heavy atom. The van der Waals surface area contributed by atoms with E-state index in [4.69, 9.17) is 4.74 Å². The van der Waals surface area contributed by atoms with Gasteiger partial charge in [0.25, 0.3) is 0 Å². The van der Waals surface area contributed by atoms with Crippen molar-refractivity contribution < 1.29 is 50.6 Å². The third-order valence-electron chi connectivity index (χ3n) is 9.37. The first-order valence-electron chi connectivity index (χ1n) is 18.3. The molecule has 4 heterocycles. The summed E-state index contributed by atoms with van der Waals surface area (Å²) in [5.74, 6) is -2.95. The number of carbonyl (C=O) groups is 3. The first-order valence-corrected chi connectivity index (χ1v) is 19.9. The third kappa shape index (κ3) is 10.3. The summed E-state index contributed by atoms with van der Waals surface area (Å²) >= 11 is 2.43. The lowest BCUT2D eigenvalue weighted by molar-refractivity contribution is -0.146. The number of allylic oxidation sites excluding steroid dienone is 2. The summed E-state index contributed by atoms with van der Waals surface area (Å²) in [4.78, 5) is 52.3. The summed E-state index contributed by atoms with van der Waals surface area (Å²) in [5.41, 5.74) is 0.435. The molecule has 0 saturated heterocycles. The number of alkyl halides is 6. The van der Waals surface area contributed by atoms with Crippen molar-refractivity contribution in [2.45, 2.75) is 45.1 Å². The molecule has 2 aliphatic rings. The van der Waals surface area contributed by atoms with Crippen LogP contribution in [0, 0.1) is 23.7 Å². The van der Waals surface area contributed by atoms with Crippen molar-refractivity contribution in [3.63, 3.8) is 0 Å². The number of fused-ring (bicyclic) bond motifs is 4. The molecule has 1 fully saturated rings. The predicted octanol–water partition coefficient (Wildman–Crippen LogP) is 10.7. The zero-order chi connectivity index (χ0) is 43.9. The van der Waals surface area contributed by atoms with Gasteiger partial charge in [-0.2, -0.15) is 26.3 Å². The fourth-order valence-electron chi connectivity index (χ4n) is 6.87. The van der Waals surface area contributed by atoms with Crippen molar-refractivity contribution in [1.82, 2.24) is 19.9 Å². The van der Waals surface area contributed by atoms with E-state index in [-0.39, 0.29) is 29.1 Å². The van der Waals surface area contributed by atoms with E-state index in [2.05, 4.69) is 41.2 Å². The van der Waals surface area contributed by atoms with Gasteiger partial charge in [-0.15, -0.1) is 0 Å². The van der Waals surface area contributed by atoms with Crippen LogP contribution in [0.1, 0.15) is 38.3 Å². The molecule has 61 heavy (non-hydrogen) atoms. The van der Waals surface area contributed by atoms with Crippen LogP contribution in [0.15, 0.2) is 85.5 Å². The maximum absolute atomic E-state index is 12.9. The van der Waals surface area contributed by atoms with Crippen LogP contribution in [0.4, 0.5) is 64.1 Å². The molecule has 21 heteroatoms. The Morgan fingerprint density at radius 3 is 1.61 bits per heavy atom. The van der Waals surface area contributed by atoms with Crippen LogP contribution in [-0.4, -0.2) is 48.6 Å². The van der Waals surface area contributed by atoms with Gasteiger partial charge in [-0.1, -0.05) is 34.8 Å². The molecule has 5 N–H and O–H groups in total. The number of hydrogen-bond acceptors (Lipinski definition) is 12. The lowest BCUT2D eigenvalue weighted by Crippen LogP contribution is -2.36. The summed E-state index contributed by atoms with van der Waals surface area (Å²) in [6, 6.07) is 12.1. The zero-order valence-electron chi connectivity index (χ0n) is 32.1. The Labute approximate surface area is 350 Å². The number of carboxylic acids is 1. The number of carboxylic acid groups (broad SMARTS) is 1. The van der Waals surface area contributed by atoms with E-state index < -0.39 is 53.0 Å². The van der Waals surface area contributed by atoms with Crippen LogP contribution in [-0.2, 0) is 26.7 Å². The number of carbonyl (C=O) groups excluding carboxylic acids is 2. The Morgan fingerprint density at radius 1 is 0.672 bits per heavy atom. The Bertz CT molecular complexity index is 2660. The number of amides is 2. The highest BCUT2D eigenvalue weighted by Crippen LogP contribution is 2.48. The molecule has 318 valence electrons. The van der Waals surface area contributed by atoms with Crippen molar-refractivity contribution in [2.24, 2.45) is 23.7 Å². The topological polar surface area (TPSA) is 180 Å². The van der Waals surface area contributed by atoms with E-state index >= 15 is 0 Å². The molecule has 2 aliphatic carbocycles. The van der Waals surface area contributed by atoms with Gasteiger partial charge in [-0.05, 0) is 87.6 Å². The minimum Gasteiger partial charge on any atom is -0.481 e. The molecule has 6 aromatic rings. The Kier molecular flexibility index (Phi) is 11.6. The van der Waals surface area contributed by atoms with Gasteiger partial charge in [-0.3, -0.25) is 24.9 Å². The predicted molar refractivity (Wildman–Crippen MR) is 218 cm³/mol. The number of ether oxygens (including phenoxy) is 1. The molecule has 0 aliphatic heterocycles. The number of aliphatic carboxylic acids is 1. The standard InChI is InChI=1S/C22H17F3N4O3S.C18H17F3N4O2S/c23-22(24,25)12-6-14(9-26-8-12)27-13-3-4-15-16(7-13)33-21(28-15)29-19(30)17-10-1-2-11(5-10)18(17)20(31)32;1-17(2,3)27-16(26)25-15-24-13-5-4-11(7-14(13)28-15)23-12-6-10(8-22-9-12)18(19,20)21/h1-4,6-11,17-18,27H,5H2,(H,31,32)(H,28,29,30);4-9,23H,1-3H3,(H,24,25,26). The van der Waals surface area contributed by atoms with E-state index in [1.54, 1.807) is 57.2 Å². The summed E-state index contributed by atoms with van der Waals surface area (Å²) in [6.07, 6.45) is -0.995. The second-order valence-electron chi connectivity index (χ2n) is 15.0. The summed E-state index contributed by atoms with van der Waals surface area (Å²) in [5, 5.41) is 21.4. The second kappa shape index (κ2) is 16.6. The number of halogens is 6. The van der Waals surface area contributed by atoms with Gasteiger partial charge >= 0.3 is 24.4 Å². The number of hydrogen-bond donors (Lipinski definition) is 5. The van der Waals surface area contributed by atoms with Crippen LogP contribution in [0.25, 0.3) is 20.4 Å². The Hall–Kier alpha value is -6.35. The second-order valence-corrected chi connectivity index (χ2v) is 17.1. The van der Waals surface area contributed by atoms with Crippen molar-refractivity contribution in [3.05, 3.63) is 96.6 Å². The van der Waals surface area contributed by atoms with E-state index in [0.29, 0.717) is 43.8 Å². The molecule has 0 radical (unpaired) electrons. The number of nitrogens with one attached hydrogen (secondary N) is 4. The first-order chi connectivity index (χ1) is 28.7. The van der Waals surface area contributed by atoms with Crippen LogP contribution < -0.4 is 21.3 Å². The van der Waals surface area contributed by atoms with Crippen LogP contribution in [0.3, 0.4) is 0 Å². The van der Waals surface area contributed by atoms with Gasteiger partial charge in [-0.25, -0.2) is 14.8 Å². The fourth-order valence-corrected chi connectivity index (χ4v) is 8.67. The number of aromatic nitrogens is 4. The largest absolute Gasteiger partial charge is 0.481 e. The number of benzene rings is 2. The molecule has 2 aromatic carbocycles. The highest BCUT2D eigenvalue weighted by atomic mass is 32.1. The summed E-state index contributed by atoms with van der Waals surface area (Å²) in [7, 11) is 0. The van der Waals surface area contributed by atoms with E-state index in [1.807, 2.05) is 12.2 Å². The van der Waals surface area contributed by atoms with Gasteiger partial charge in [0.1, 0.15) is 5.60 Å². The fraction of sp³-hybridized carbons (Fsp3) is 0.275. The molecule has 0 spiro atoms. The van der Waals surface area contributed by atoms with E-state index in [9.17, 15) is 45.8 Å². The number of anilines is 6. The summed E-state index contributed by atoms with van der Waals surface area (Å²) in [6.45, 7) is 5.27. The van der Waals surface area contributed by atoms with Crippen LogP contribution >= 0.6 is 22.7 Å². The molecular weight excluding hydrogens is 851 g/mol. The SMILES string of the molecule is CC(C)(C)OC(=O)Nc1nc2ccc(Nc3cncc(C(F)(F)F)c3)cc2s1.O=C(O)C1C2C=CC(C2)C1C(=O)Nc1nc2ccc(Nc3cncc(C(F)(F)F)c3)cc2s1. The monoisotopic (exact) mass is 884 g/mol. The lowest BCUT2D eigenvalue weighted by atomic mass is 9.82. The molecule has 4 aromatic heterocycles. The quantitative estimate of drug-likeness (QED) is 0.0725. The molecular formula is C40H34F6N8O5S2. The molecule has 13 nitrogen and oxygen atoms in total. The number of nitrogens with zero attached hydrogens (tertiary/aromatic N) is 4. The summed E-state index contributed by atoms with van der Waals surface area (Å²) < 4.78 is 83.8. The first kappa shape index (κ1) is 42.8. The number of rotatable bonds is 8. The smallest absolute Gasteiger partial charge is 0.417 e. The van der Waals surface area contributed by atoms with Crippen molar-refractivity contribution in [1.29, 1.82) is 0 Å². The average molecular weight is 885 g/mol. The number of thiazole rings is 2. The van der Waals surface area contributed by atoms with Gasteiger partial charge < -0.3 is 25.8 Å². The third-order valence-corrected chi connectivity index (χ3v) is 11.2. The lowest BCUT2D eigenvalue weighted by Gasteiger charge is -2.23. The molecule has 4 unspecified atom stereocenters. The van der Waals surface area contributed by atoms with Crippen LogP contribution in [0.5, 0.6) is 0 Å². The van der Waals surface area contributed by atoms with E-state index in [1.165, 1.54) is 35.1 Å². The minimum absolute atomic E-state index is 0.0950. The molecule has 1 saturated carbocycles. The van der Waals surface area contributed by atoms with Gasteiger partial charge in [0.2, 0.25) is 5.91 Å². The van der Waals surface area contributed by atoms with Crippen LogP contribution in [0.2, 0.25) is 0 Å². The highest BCUT2D eigenvalue weighted by molar-refractivity contribution is 7.22. The maximum atomic E-state index is 12.9. The van der Waals surface area contributed by atoms with Gasteiger partial charge in [0, 0.05) is 23.8 Å². The number of pyridine rings is 2. The maximum Gasteiger partial charge on any atom is 0.417 e. The molecule has 4 atom stereocenters. The van der Waals surface area contributed by atoms with Gasteiger partial charge in [0.05, 0.1) is 67.2 Å². The van der Waals surface area contributed by atoms with Gasteiger partial charge in [0.15, 0.2) is 10.3 Å². The average Bonchev–Trinajstić information content (AvgIpc) is 3.97. The molecule has 8 rings (SSSR count). The van der Waals surface area contributed by atoms with Crippen molar-refractivity contribution in [3.8, 4) is 0 Å². The minimum atomic E-state index is -4.49. The van der Waals surface area contributed by atoms with Crippen molar-refractivity contribution in [2.75, 3.05) is 21.3 Å². The van der Waals surface area contributed by atoms with Crippen molar-refractivity contribution >= 4 is 94.1 Å². The normalized spacial score (nSPS) is 18.4. The Balaban J connectivity index is 0.000000187. The molecule has 2 bridgehead atoms. The zero-order valence-corrected chi connectivity index (χ0v) is 33.7. The van der Waals surface area contributed by atoms with E-state index in [0.717, 1.165) is 29.2 Å². The molecule has 2 amide bonds. The highest BCUT2D eigenvalue weighted by Gasteiger charge is 2.51.